The summed E-state index contributed by atoms with van der Waals surface area (Å²) in [5.41, 5.74) is 7.24. The number of aryl methyl sites for hydroxylation is 1. The fourth-order valence-electron chi connectivity index (χ4n) is 5.29. The average molecular weight is 538 g/mol. The summed E-state index contributed by atoms with van der Waals surface area (Å²) in [7, 11) is 0. The van der Waals surface area contributed by atoms with Crippen molar-refractivity contribution < 1.29 is 14.3 Å². The van der Waals surface area contributed by atoms with Crippen LogP contribution in [0.4, 0.5) is 0 Å². The molecule has 34 heavy (non-hydrogen) atoms. The van der Waals surface area contributed by atoms with Crippen molar-refractivity contribution in [2.24, 2.45) is 11.8 Å². The molecule has 0 radical (unpaired) electrons. The van der Waals surface area contributed by atoms with Gasteiger partial charge >= 0.3 is 5.97 Å². The third-order valence-corrected chi connectivity index (χ3v) is 9.04. The van der Waals surface area contributed by atoms with Gasteiger partial charge in [-0.3, -0.25) is 4.79 Å². The minimum atomic E-state index is -0.163. The van der Waals surface area contributed by atoms with Crippen molar-refractivity contribution >= 4 is 33.7 Å². The first-order valence-corrected chi connectivity index (χ1v) is 13.8. The summed E-state index contributed by atoms with van der Waals surface area (Å²) in [6.45, 7) is 4.75. The van der Waals surface area contributed by atoms with E-state index in [0.29, 0.717) is 6.61 Å². The molecule has 3 atom stereocenters. The highest BCUT2D eigenvalue weighted by Gasteiger charge is 2.48. The van der Waals surface area contributed by atoms with Gasteiger partial charge in [-0.25, -0.2) is 0 Å². The number of thioether (sulfide) groups is 1. The number of ether oxygens (including phenoxy) is 2. The zero-order chi connectivity index (χ0) is 23.7. The first kappa shape index (κ1) is 23.5. The number of esters is 1. The molecule has 1 aliphatic carbocycles. The minimum Gasteiger partial charge on any atom is -0.489 e. The van der Waals surface area contributed by atoms with Crippen LogP contribution in [0.15, 0.2) is 65.1 Å². The van der Waals surface area contributed by atoms with Gasteiger partial charge in [0.1, 0.15) is 18.5 Å². The van der Waals surface area contributed by atoms with Crippen LogP contribution in [-0.4, -0.2) is 11.7 Å². The van der Waals surface area contributed by atoms with E-state index in [1.54, 1.807) is 0 Å². The number of hydrogen-bond donors (Lipinski definition) is 0. The lowest BCUT2D eigenvalue weighted by Crippen LogP contribution is -2.25. The Morgan fingerprint density at radius 3 is 2.65 bits per heavy atom. The summed E-state index contributed by atoms with van der Waals surface area (Å²) in [4.78, 5) is 13.0. The Balaban J connectivity index is 1.34. The number of benzene rings is 3. The Labute approximate surface area is 214 Å². The van der Waals surface area contributed by atoms with Gasteiger partial charge in [-0.2, -0.15) is 11.8 Å². The molecule has 0 N–H and O–H groups in total. The van der Waals surface area contributed by atoms with Crippen molar-refractivity contribution in [3.8, 4) is 5.75 Å². The van der Waals surface area contributed by atoms with Crippen molar-refractivity contribution in [2.75, 3.05) is 5.75 Å². The van der Waals surface area contributed by atoms with Gasteiger partial charge in [0.15, 0.2) is 0 Å². The molecule has 0 bridgehead atoms. The van der Waals surface area contributed by atoms with E-state index in [2.05, 4.69) is 66.2 Å². The second kappa shape index (κ2) is 10.2. The minimum absolute atomic E-state index is 0.0417. The Morgan fingerprint density at radius 2 is 1.85 bits per heavy atom. The van der Waals surface area contributed by atoms with E-state index >= 15 is 0 Å². The molecule has 0 saturated carbocycles. The lowest BCUT2D eigenvalue weighted by Gasteiger charge is -2.31. The van der Waals surface area contributed by atoms with Crippen molar-refractivity contribution in [1.29, 1.82) is 0 Å². The molecule has 5 heteroatoms. The summed E-state index contributed by atoms with van der Waals surface area (Å²) in [5, 5.41) is 0. The molecule has 2 unspecified atom stereocenters. The van der Waals surface area contributed by atoms with Crippen LogP contribution in [-0.2, 0) is 28.3 Å². The highest BCUT2D eigenvalue weighted by Crippen LogP contribution is 2.50. The number of rotatable bonds is 7. The standard InChI is InChI=1S/C29H29BrO3S/c1-18-14-26(32-15-21-10-6-7-11-25(21)30)19(2)27-22(18)12-13-23-24(29(31)33-28(23)27)17-34-16-20-8-4-3-5-9-20/h3-11,14,23-24,28H,12-13,15-17H2,1-2H3/t23-,24?,28?/m0/s1. The Hall–Kier alpha value is -2.24. The largest absolute Gasteiger partial charge is 0.489 e. The van der Waals surface area contributed by atoms with Crippen LogP contribution in [0.2, 0.25) is 0 Å². The molecule has 5 rings (SSSR count). The van der Waals surface area contributed by atoms with Gasteiger partial charge in [0.2, 0.25) is 0 Å². The Bertz CT molecular complexity index is 1190. The molecule has 1 fully saturated rings. The quantitative estimate of drug-likeness (QED) is 0.295. The molecule has 176 valence electrons. The normalized spacial score (nSPS) is 21.0. The van der Waals surface area contributed by atoms with E-state index in [-0.39, 0.29) is 23.9 Å². The van der Waals surface area contributed by atoms with Gasteiger partial charge in [0.25, 0.3) is 0 Å². The van der Waals surface area contributed by atoms with Crippen molar-refractivity contribution in [2.45, 2.75) is 45.2 Å². The predicted octanol–water partition coefficient (Wildman–Crippen LogP) is 7.35. The second-order valence-corrected chi connectivity index (χ2v) is 11.1. The summed E-state index contributed by atoms with van der Waals surface area (Å²) >= 11 is 5.44. The summed E-state index contributed by atoms with van der Waals surface area (Å²) < 4.78 is 13.4. The zero-order valence-electron chi connectivity index (χ0n) is 19.6. The third-order valence-electron chi connectivity index (χ3n) is 7.14. The average Bonchev–Trinajstić information content (AvgIpc) is 3.17. The fraction of sp³-hybridized carbons (Fsp3) is 0.345. The SMILES string of the molecule is Cc1cc(OCc2ccccc2Br)c(C)c2c1CC[C@H]1C(CSCc3ccccc3)C(=O)OC21. The summed E-state index contributed by atoms with van der Waals surface area (Å²) in [5.74, 6) is 2.76. The smallest absolute Gasteiger partial charge is 0.310 e. The molecule has 0 spiro atoms. The predicted molar refractivity (Wildman–Crippen MR) is 141 cm³/mol. The number of fused-ring (bicyclic) bond motifs is 3. The second-order valence-electron chi connectivity index (χ2n) is 9.26. The lowest BCUT2D eigenvalue weighted by atomic mass is 9.74. The maximum atomic E-state index is 13.0. The summed E-state index contributed by atoms with van der Waals surface area (Å²) in [6.07, 6.45) is 1.82. The molecule has 1 aliphatic heterocycles. The van der Waals surface area contributed by atoms with Crippen molar-refractivity contribution in [3.63, 3.8) is 0 Å². The molecule has 3 aromatic rings. The van der Waals surface area contributed by atoms with Crippen LogP contribution in [0.1, 0.15) is 45.9 Å². The lowest BCUT2D eigenvalue weighted by molar-refractivity contribution is -0.144. The van der Waals surface area contributed by atoms with Crippen LogP contribution in [0.5, 0.6) is 5.75 Å². The van der Waals surface area contributed by atoms with Crippen LogP contribution in [0.25, 0.3) is 0 Å². The Morgan fingerprint density at radius 1 is 1.09 bits per heavy atom. The van der Waals surface area contributed by atoms with E-state index < -0.39 is 0 Å². The number of halogens is 1. The van der Waals surface area contributed by atoms with Crippen LogP contribution >= 0.6 is 27.7 Å². The molecular weight excluding hydrogens is 508 g/mol. The van der Waals surface area contributed by atoms with Gasteiger partial charge in [0, 0.05) is 33.0 Å². The molecule has 1 saturated heterocycles. The first-order chi connectivity index (χ1) is 16.5. The maximum absolute atomic E-state index is 13.0. The van der Waals surface area contributed by atoms with Gasteiger partial charge in [0.05, 0.1) is 5.92 Å². The Kier molecular flexibility index (Phi) is 7.03. The van der Waals surface area contributed by atoms with E-state index in [1.165, 1.54) is 22.3 Å². The summed E-state index contributed by atoms with van der Waals surface area (Å²) in [6, 6.07) is 20.7. The van der Waals surface area contributed by atoms with Gasteiger partial charge in [-0.1, -0.05) is 64.5 Å². The van der Waals surface area contributed by atoms with E-state index in [0.717, 1.165) is 45.7 Å². The number of carbonyl (C=O) groups is 1. The zero-order valence-corrected chi connectivity index (χ0v) is 22.0. The fourth-order valence-corrected chi connectivity index (χ4v) is 6.88. The highest BCUT2D eigenvalue weighted by molar-refractivity contribution is 9.10. The van der Waals surface area contributed by atoms with Crippen LogP contribution < -0.4 is 4.74 Å². The van der Waals surface area contributed by atoms with Crippen molar-refractivity contribution in [3.05, 3.63) is 98.5 Å². The van der Waals surface area contributed by atoms with E-state index in [4.69, 9.17) is 9.47 Å². The van der Waals surface area contributed by atoms with Crippen LogP contribution in [0, 0.1) is 25.7 Å². The van der Waals surface area contributed by atoms with Gasteiger partial charge in [-0.05, 0) is 61.1 Å². The number of carbonyl (C=O) groups excluding carboxylic acids is 1. The molecule has 3 nitrogen and oxygen atoms in total. The third kappa shape index (κ3) is 4.65. The van der Waals surface area contributed by atoms with Gasteiger partial charge in [-0.15, -0.1) is 0 Å². The molecule has 2 aliphatic rings. The topological polar surface area (TPSA) is 35.5 Å². The number of hydrogen-bond acceptors (Lipinski definition) is 4. The van der Waals surface area contributed by atoms with E-state index in [1.807, 2.05) is 36.0 Å². The maximum Gasteiger partial charge on any atom is 0.310 e. The highest BCUT2D eigenvalue weighted by atomic mass is 79.9. The molecule has 0 amide bonds. The molecule has 1 heterocycles. The van der Waals surface area contributed by atoms with Crippen LogP contribution in [0.3, 0.4) is 0 Å². The molecule has 0 aromatic heterocycles. The van der Waals surface area contributed by atoms with E-state index in [9.17, 15) is 4.79 Å². The van der Waals surface area contributed by atoms with Crippen molar-refractivity contribution in [1.82, 2.24) is 0 Å². The first-order valence-electron chi connectivity index (χ1n) is 11.8. The monoisotopic (exact) mass is 536 g/mol. The molecular formula is C29H29BrO3S. The molecule has 3 aromatic carbocycles. The van der Waals surface area contributed by atoms with Gasteiger partial charge < -0.3 is 9.47 Å².